The van der Waals surface area contributed by atoms with E-state index in [2.05, 4.69) is 92.3 Å². The van der Waals surface area contributed by atoms with Crippen molar-refractivity contribution < 1.29 is 28.7 Å². The second-order valence-corrected chi connectivity index (χ2v) is 18.8. The number of carbonyl (C=O) groups is 4. The summed E-state index contributed by atoms with van der Waals surface area (Å²) in [6, 6.07) is 21.9. The van der Waals surface area contributed by atoms with Crippen molar-refractivity contribution in [1.82, 2.24) is 45.4 Å². The average Bonchev–Trinajstić information content (AvgIpc) is 3.77. The fraction of sp³-hybridized carbons (Fsp3) is 0.400. The number of ether oxygens (including phenoxy) is 2. The Morgan fingerprint density at radius 1 is 0.600 bits per heavy atom. The van der Waals surface area contributed by atoms with Gasteiger partial charge in [0.05, 0.1) is 55.6 Å². The third-order valence-corrected chi connectivity index (χ3v) is 14.1. The van der Waals surface area contributed by atoms with Gasteiger partial charge in [-0.05, 0) is 83.2 Å². The Balaban J connectivity index is 0.832. The highest BCUT2D eigenvalue weighted by Crippen LogP contribution is 2.54. The summed E-state index contributed by atoms with van der Waals surface area (Å²) < 4.78 is 9.63. The van der Waals surface area contributed by atoms with Crippen LogP contribution in [0, 0.1) is 23.7 Å². The van der Waals surface area contributed by atoms with Gasteiger partial charge in [0.1, 0.15) is 23.7 Å². The molecule has 2 saturated carbocycles. The Morgan fingerprint density at radius 3 is 1.48 bits per heavy atom. The number of hydrogen-bond donors (Lipinski definition) is 5. The van der Waals surface area contributed by atoms with Gasteiger partial charge in [-0.15, -0.1) is 0 Å². The third kappa shape index (κ3) is 7.69. The van der Waals surface area contributed by atoms with Gasteiger partial charge in [-0.3, -0.25) is 9.59 Å². The van der Waals surface area contributed by atoms with E-state index in [1.807, 2.05) is 56.1 Å². The smallest absolute Gasteiger partial charge is 0.407 e. The quantitative estimate of drug-likeness (QED) is 0.0810. The molecule has 65 heavy (non-hydrogen) atoms. The fourth-order valence-corrected chi connectivity index (χ4v) is 10.4. The number of piperidine rings is 2. The molecule has 4 fully saturated rings. The van der Waals surface area contributed by atoms with Crippen molar-refractivity contribution in [3.8, 4) is 44.8 Å². The van der Waals surface area contributed by atoms with E-state index in [1.165, 1.54) is 14.2 Å². The second-order valence-electron chi connectivity index (χ2n) is 18.8. The van der Waals surface area contributed by atoms with Crippen LogP contribution >= 0.6 is 0 Å². The van der Waals surface area contributed by atoms with Crippen LogP contribution in [0.1, 0.15) is 77.1 Å². The molecule has 0 bridgehead atoms. The van der Waals surface area contributed by atoms with E-state index in [0.717, 1.165) is 93.0 Å². The Bertz CT molecular complexity index is 2590. The number of imidazole rings is 2. The first-order valence-electron chi connectivity index (χ1n) is 22.7. The normalized spacial score (nSPS) is 22.7. The van der Waals surface area contributed by atoms with E-state index in [1.54, 1.807) is 0 Å². The van der Waals surface area contributed by atoms with Crippen molar-refractivity contribution in [3.05, 3.63) is 97.0 Å². The number of aromatic nitrogens is 5. The molecule has 336 valence electrons. The molecule has 8 atom stereocenters. The lowest BCUT2D eigenvalue weighted by molar-refractivity contribution is -0.137. The van der Waals surface area contributed by atoms with Gasteiger partial charge in [-0.25, -0.2) is 19.6 Å². The third-order valence-electron chi connectivity index (χ3n) is 14.1. The highest BCUT2D eigenvalue weighted by atomic mass is 16.5. The molecule has 6 aromatic rings. The molecule has 0 radical (unpaired) electrons. The first kappa shape index (κ1) is 42.1. The van der Waals surface area contributed by atoms with Gasteiger partial charge in [0.25, 0.3) is 0 Å². The maximum atomic E-state index is 13.9. The number of nitrogens with zero attached hydrogens (tertiary/aromatic N) is 4. The molecular weight excluding hydrogens is 823 g/mol. The number of hydrogen-bond acceptors (Lipinski definition) is 8. The van der Waals surface area contributed by atoms with E-state index in [0.29, 0.717) is 11.8 Å². The summed E-state index contributed by atoms with van der Waals surface area (Å²) in [5, 5.41) is 6.61. The van der Waals surface area contributed by atoms with E-state index in [-0.39, 0.29) is 47.8 Å². The van der Waals surface area contributed by atoms with Gasteiger partial charge in [-0.2, -0.15) is 0 Å². The van der Waals surface area contributed by atoms with Gasteiger partial charge >= 0.3 is 12.2 Å². The zero-order chi connectivity index (χ0) is 45.3. The minimum atomic E-state index is -0.682. The first-order chi connectivity index (χ1) is 31.4. The van der Waals surface area contributed by atoms with Crippen molar-refractivity contribution in [2.24, 2.45) is 23.7 Å². The number of H-pyrrole nitrogens is 3. The summed E-state index contributed by atoms with van der Waals surface area (Å²) in [5.41, 5.74) is 9.13. The van der Waals surface area contributed by atoms with Gasteiger partial charge in [0.2, 0.25) is 11.8 Å². The summed E-state index contributed by atoms with van der Waals surface area (Å²) in [6.45, 7) is 7.70. The van der Waals surface area contributed by atoms with Crippen LogP contribution in [0.4, 0.5) is 9.59 Å². The van der Waals surface area contributed by atoms with Gasteiger partial charge in [0.15, 0.2) is 0 Å². The molecule has 4 aliphatic rings. The predicted octanol–water partition coefficient (Wildman–Crippen LogP) is 8.37. The van der Waals surface area contributed by atoms with E-state index in [9.17, 15) is 19.2 Å². The molecule has 2 aliphatic carbocycles. The van der Waals surface area contributed by atoms with E-state index >= 15 is 0 Å². The SMILES string of the molecule is COC(=O)N[C@H](C(=O)N1[C@@H]2CC2C[C@H]1c1ncc(-c2ccc(-c3ccc(-c4ccc(-c5cnc([C@@H]6C[C@H]7C[C@H]7N6C(=O)[C@@H](NC(=O)OC)C(C)C)[nH]5)cc4)c4[nH]ccc34)cc2)[nH]1)C(C)C. The molecular formula is C50H55N9O6. The summed E-state index contributed by atoms with van der Waals surface area (Å²) in [7, 11) is 2.61. The molecule has 5 heterocycles. The van der Waals surface area contributed by atoms with Gasteiger partial charge in [-0.1, -0.05) is 88.4 Å². The molecule has 0 spiro atoms. The largest absolute Gasteiger partial charge is 0.453 e. The molecule has 4 amide bonds. The van der Waals surface area contributed by atoms with Crippen molar-refractivity contribution in [1.29, 1.82) is 0 Å². The number of likely N-dealkylation sites (tertiary alicyclic amines) is 2. The number of amides is 4. The zero-order valence-corrected chi connectivity index (χ0v) is 37.4. The Labute approximate surface area is 377 Å². The number of carbonyl (C=O) groups excluding carboxylic acids is 4. The highest BCUT2D eigenvalue weighted by molar-refractivity contribution is 6.03. The number of fused-ring (bicyclic) bond motifs is 3. The fourth-order valence-electron chi connectivity index (χ4n) is 10.4. The van der Waals surface area contributed by atoms with Crippen LogP contribution < -0.4 is 10.6 Å². The second kappa shape index (κ2) is 16.6. The molecule has 15 nitrogen and oxygen atoms in total. The predicted molar refractivity (Wildman–Crippen MR) is 245 cm³/mol. The maximum Gasteiger partial charge on any atom is 0.407 e. The Kier molecular flexibility index (Phi) is 10.7. The number of aromatic amines is 3. The van der Waals surface area contributed by atoms with Crippen LogP contribution in [0.5, 0.6) is 0 Å². The van der Waals surface area contributed by atoms with Crippen LogP contribution in [0.2, 0.25) is 0 Å². The Morgan fingerprint density at radius 2 is 1.03 bits per heavy atom. The van der Waals surface area contributed by atoms with Crippen LogP contribution in [0.25, 0.3) is 55.7 Å². The molecule has 3 aromatic carbocycles. The number of nitrogens with one attached hydrogen (secondary N) is 5. The molecule has 2 saturated heterocycles. The monoisotopic (exact) mass is 877 g/mol. The van der Waals surface area contributed by atoms with Crippen molar-refractivity contribution in [3.63, 3.8) is 0 Å². The van der Waals surface area contributed by atoms with Crippen molar-refractivity contribution in [2.45, 2.75) is 89.6 Å². The van der Waals surface area contributed by atoms with Crippen LogP contribution in [0.15, 0.2) is 85.3 Å². The molecule has 15 heteroatoms. The molecule has 3 aromatic heterocycles. The minimum absolute atomic E-state index is 0.0991. The van der Waals surface area contributed by atoms with Crippen LogP contribution in [0.3, 0.4) is 0 Å². The van der Waals surface area contributed by atoms with Gasteiger partial charge in [0, 0.05) is 29.2 Å². The lowest BCUT2D eigenvalue weighted by Gasteiger charge is -2.31. The number of methoxy groups -OCH3 is 2. The molecule has 1 unspecified atom stereocenters. The number of alkyl carbamates (subject to hydrolysis) is 2. The summed E-state index contributed by atoms with van der Waals surface area (Å²) in [5.74, 6) is 1.99. The average molecular weight is 878 g/mol. The molecule has 10 rings (SSSR count). The zero-order valence-electron chi connectivity index (χ0n) is 37.4. The topological polar surface area (TPSA) is 190 Å². The standard InChI is InChI=1S/C50H55N9O6/c1-25(2)42(56-49(62)64-5)47(60)58-38-19-31(38)21-40(58)45-52-23-36(54-45)29-11-7-27(8-12-29)33-15-16-34(44-35(33)17-18-51-44)28-9-13-30(14-10-28)37-24-53-46(55-37)41-22-32-20-39(32)59(41)48(61)43(26(3)4)57-50(63)65-6/h7-18,23-26,31-32,38-43,51H,19-22H2,1-6H3,(H,52,54)(H,53,55)(H,56,62)(H,57,63)/t31?,32-,38-,39-,40+,41+,42+,43+/m1/s1. The van der Waals surface area contributed by atoms with Crippen molar-refractivity contribution in [2.75, 3.05) is 14.2 Å². The first-order valence-corrected chi connectivity index (χ1v) is 22.7. The van der Waals surface area contributed by atoms with E-state index < -0.39 is 24.3 Å². The van der Waals surface area contributed by atoms with E-state index in [4.69, 9.17) is 19.4 Å². The lowest BCUT2D eigenvalue weighted by Crippen LogP contribution is -2.52. The van der Waals surface area contributed by atoms with Crippen LogP contribution in [-0.4, -0.2) is 97.1 Å². The molecule has 2 aliphatic heterocycles. The summed E-state index contributed by atoms with van der Waals surface area (Å²) in [6.07, 6.45) is 8.06. The summed E-state index contributed by atoms with van der Waals surface area (Å²) >= 11 is 0. The molecule has 5 N–H and O–H groups in total. The van der Waals surface area contributed by atoms with Gasteiger partial charge < -0.3 is 44.9 Å². The highest BCUT2D eigenvalue weighted by Gasteiger charge is 2.57. The Hall–Kier alpha value is -6.90. The minimum Gasteiger partial charge on any atom is -0.453 e. The number of benzene rings is 3. The lowest BCUT2D eigenvalue weighted by atomic mass is 9.95. The maximum absolute atomic E-state index is 13.9. The van der Waals surface area contributed by atoms with Crippen molar-refractivity contribution >= 4 is 34.9 Å². The summed E-state index contributed by atoms with van der Waals surface area (Å²) in [4.78, 5) is 75.9. The van der Waals surface area contributed by atoms with Crippen LogP contribution in [-0.2, 0) is 19.1 Å². The number of rotatable bonds is 12.